The quantitative estimate of drug-likeness (QED) is 0.796. The highest BCUT2D eigenvalue weighted by Gasteiger charge is 2.20. The molecule has 2 heteroatoms. The van der Waals surface area contributed by atoms with Gasteiger partial charge in [0.05, 0.1) is 11.4 Å². The topological polar surface area (TPSA) is 38.0 Å². The van der Waals surface area contributed by atoms with E-state index in [4.69, 9.17) is 5.73 Å². The van der Waals surface area contributed by atoms with E-state index in [0.717, 1.165) is 23.8 Å². The lowest BCUT2D eigenvalue weighted by Crippen LogP contribution is -2.05. The number of rotatable bonds is 4. The van der Waals surface area contributed by atoms with Gasteiger partial charge in [-0.05, 0) is 42.0 Å². The number of anilines is 2. The first-order valence-corrected chi connectivity index (χ1v) is 6.52. The SMILES string of the molecule is Nc1ccc(-c2ccccc2)cc1NCC1CC1. The van der Waals surface area contributed by atoms with Crippen molar-refractivity contribution in [2.45, 2.75) is 12.8 Å². The summed E-state index contributed by atoms with van der Waals surface area (Å²) in [6, 6.07) is 16.6. The van der Waals surface area contributed by atoms with Gasteiger partial charge in [-0.25, -0.2) is 0 Å². The fraction of sp³-hybridized carbons (Fsp3) is 0.250. The molecule has 1 saturated carbocycles. The molecule has 0 spiro atoms. The van der Waals surface area contributed by atoms with E-state index in [1.54, 1.807) is 0 Å². The summed E-state index contributed by atoms with van der Waals surface area (Å²) in [6.45, 7) is 1.04. The van der Waals surface area contributed by atoms with E-state index in [1.165, 1.54) is 24.0 Å². The van der Waals surface area contributed by atoms with Crippen LogP contribution >= 0.6 is 0 Å². The predicted octanol–water partition coefficient (Wildman–Crippen LogP) is 3.76. The van der Waals surface area contributed by atoms with Crippen LogP contribution in [-0.2, 0) is 0 Å². The number of nitrogens with one attached hydrogen (secondary N) is 1. The molecule has 0 unspecified atom stereocenters. The van der Waals surface area contributed by atoms with Crippen LogP contribution in [-0.4, -0.2) is 6.54 Å². The molecular weight excluding hydrogens is 220 g/mol. The molecule has 1 aliphatic carbocycles. The Kier molecular flexibility index (Phi) is 2.93. The normalized spacial score (nSPS) is 14.4. The molecule has 1 fully saturated rings. The van der Waals surface area contributed by atoms with Crippen LogP contribution in [0.2, 0.25) is 0 Å². The van der Waals surface area contributed by atoms with Crippen LogP contribution in [0.3, 0.4) is 0 Å². The second kappa shape index (κ2) is 4.73. The van der Waals surface area contributed by atoms with Crippen LogP contribution in [0.15, 0.2) is 48.5 Å². The van der Waals surface area contributed by atoms with E-state index in [2.05, 4.69) is 41.7 Å². The molecule has 92 valence electrons. The Hall–Kier alpha value is -1.96. The first-order chi connectivity index (χ1) is 8.83. The lowest BCUT2D eigenvalue weighted by atomic mass is 10.0. The van der Waals surface area contributed by atoms with E-state index >= 15 is 0 Å². The third-order valence-corrected chi connectivity index (χ3v) is 3.44. The molecule has 3 N–H and O–H groups in total. The van der Waals surface area contributed by atoms with Gasteiger partial charge in [0, 0.05) is 6.54 Å². The van der Waals surface area contributed by atoms with Gasteiger partial charge in [-0.3, -0.25) is 0 Å². The summed E-state index contributed by atoms with van der Waals surface area (Å²) < 4.78 is 0. The molecule has 0 atom stereocenters. The van der Waals surface area contributed by atoms with Crippen molar-refractivity contribution in [3.63, 3.8) is 0 Å². The monoisotopic (exact) mass is 238 g/mol. The molecule has 0 radical (unpaired) electrons. The smallest absolute Gasteiger partial charge is 0.0580 e. The molecule has 0 aliphatic heterocycles. The molecular formula is C16H18N2. The second-order valence-electron chi connectivity index (χ2n) is 4.99. The van der Waals surface area contributed by atoms with Crippen LogP contribution in [0.1, 0.15) is 12.8 Å². The van der Waals surface area contributed by atoms with Gasteiger partial charge in [-0.2, -0.15) is 0 Å². The summed E-state index contributed by atoms with van der Waals surface area (Å²) in [5, 5.41) is 3.46. The first kappa shape index (κ1) is 11.1. The first-order valence-electron chi connectivity index (χ1n) is 6.52. The van der Waals surface area contributed by atoms with Gasteiger partial charge in [-0.15, -0.1) is 0 Å². The molecule has 2 aromatic rings. The molecule has 0 aromatic heterocycles. The second-order valence-corrected chi connectivity index (χ2v) is 4.99. The third-order valence-electron chi connectivity index (χ3n) is 3.44. The minimum absolute atomic E-state index is 0.829. The van der Waals surface area contributed by atoms with Crippen LogP contribution in [0.5, 0.6) is 0 Å². The highest BCUT2D eigenvalue weighted by atomic mass is 14.9. The lowest BCUT2D eigenvalue weighted by molar-refractivity contribution is 0.890. The predicted molar refractivity (Wildman–Crippen MR) is 77.5 cm³/mol. The lowest BCUT2D eigenvalue weighted by Gasteiger charge is -2.11. The molecule has 18 heavy (non-hydrogen) atoms. The number of nitrogen functional groups attached to an aromatic ring is 1. The largest absolute Gasteiger partial charge is 0.397 e. The van der Waals surface area contributed by atoms with Gasteiger partial charge in [0.2, 0.25) is 0 Å². The highest BCUT2D eigenvalue weighted by molar-refractivity contribution is 5.76. The maximum absolute atomic E-state index is 6.01. The Morgan fingerprint density at radius 2 is 1.78 bits per heavy atom. The molecule has 2 aromatic carbocycles. The van der Waals surface area contributed by atoms with Crippen LogP contribution in [0.25, 0.3) is 11.1 Å². The summed E-state index contributed by atoms with van der Waals surface area (Å²) in [5.41, 5.74) is 10.3. The van der Waals surface area contributed by atoms with Crippen LogP contribution in [0, 0.1) is 5.92 Å². The van der Waals surface area contributed by atoms with Gasteiger partial charge >= 0.3 is 0 Å². The van der Waals surface area contributed by atoms with E-state index in [1.807, 2.05) is 12.1 Å². The minimum atomic E-state index is 0.829. The van der Waals surface area contributed by atoms with Crippen molar-refractivity contribution >= 4 is 11.4 Å². The standard InChI is InChI=1S/C16H18N2/c17-15-9-8-14(13-4-2-1-3-5-13)10-16(15)18-11-12-6-7-12/h1-5,8-10,12,18H,6-7,11,17H2. The van der Waals surface area contributed by atoms with Crippen molar-refractivity contribution in [3.8, 4) is 11.1 Å². The Balaban J connectivity index is 1.84. The van der Waals surface area contributed by atoms with Crippen LogP contribution < -0.4 is 11.1 Å². The molecule has 3 rings (SSSR count). The molecule has 0 heterocycles. The van der Waals surface area contributed by atoms with Gasteiger partial charge in [0.25, 0.3) is 0 Å². The molecule has 0 bridgehead atoms. The average molecular weight is 238 g/mol. The number of benzene rings is 2. The maximum Gasteiger partial charge on any atom is 0.0580 e. The zero-order chi connectivity index (χ0) is 12.4. The molecule has 0 amide bonds. The zero-order valence-corrected chi connectivity index (χ0v) is 10.4. The van der Waals surface area contributed by atoms with Crippen molar-refractivity contribution in [2.75, 3.05) is 17.6 Å². The van der Waals surface area contributed by atoms with Crippen molar-refractivity contribution in [1.29, 1.82) is 0 Å². The zero-order valence-electron chi connectivity index (χ0n) is 10.4. The highest BCUT2D eigenvalue weighted by Crippen LogP contribution is 2.31. The van der Waals surface area contributed by atoms with Gasteiger partial charge in [0.15, 0.2) is 0 Å². The van der Waals surface area contributed by atoms with Crippen molar-refractivity contribution in [2.24, 2.45) is 5.92 Å². The Labute approximate surface area is 108 Å². The van der Waals surface area contributed by atoms with E-state index in [0.29, 0.717) is 0 Å². The Bertz CT molecular complexity index is 530. The molecule has 1 aliphatic rings. The average Bonchev–Trinajstić information content (AvgIpc) is 3.23. The maximum atomic E-state index is 6.01. The number of hydrogen-bond acceptors (Lipinski definition) is 2. The summed E-state index contributed by atoms with van der Waals surface area (Å²) in [5.74, 6) is 0.852. The number of nitrogens with two attached hydrogens (primary N) is 1. The fourth-order valence-electron chi connectivity index (χ4n) is 2.10. The van der Waals surface area contributed by atoms with E-state index < -0.39 is 0 Å². The summed E-state index contributed by atoms with van der Waals surface area (Å²) in [7, 11) is 0. The van der Waals surface area contributed by atoms with Crippen molar-refractivity contribution < 1.29 is 0 Å². The fourth-order valence-corrected chi connectivity index (χ4v) is 2.10. The van der Waals surface area contributed by atoms with E-state index in [-0.39, 0.29) is 0 Å². The Morgan fingerprint density at radius 3 is 2.50 bits per heavy atom. The minimum Gasteiger partial charge on any atom is -0.397 e. The van der Waals surface area contributed by atoms with Crippen molar-refractivity contribution in [3.05, 3.63) is 48.5 Å². The van der Waals surface area contributed by atoms with Gasteiger partial charge in [-0.1, -0.05) is 36.4 Å². The Morgan fingerprint density at radius 1 is 1.00 bits per heavy atom. The van der Waals surface area contributed by atoms with Gasteiger partial charge < -0.3 is 11.1 Å². The summed E-state index contributed by atoms with van der Waals surface area (Å²) >= 11 is 0. The van der Waals surface area contributed by atoms with Crippen LogP contribution in [0.4, 0.5) is 11.4 Å². The number of hydrogen-bond donors (Lipinski definition) is 2. The summed E-state index contributed by atoms with van der Waals surface area (Å²) in [4.78, 5) is 0. The molecule has 0 saturated heterocycles. The van der Waals surface area contributed by atoms with Gasteiger partial charge in [0.1, 0.15) is 0 Å². The van der Waals surface area contributed by atoms with E-state index in [9.17, 15) is 0 Å². The molecule has 2 nitrogen and oxygen atoms in total. The summed E-state index contributed by atoms with van der Waals surface area (Å²) in [6.07, 6.45) is 2.70. The third kappa shape index (κ3) is 2.48. The van der Waals surface area contributed by atoms with Crippen molar-refractivity contribution in [1.82, 2.24) is 0 Å².